The van der Waals surface area contributed by atoms with Gasteiger partial charge in [0.2, 0.25) is 0 Å². The molecule has 0 aliphatic carbocycles. The van der Waals surface area contributed by atoms with Crippen LogP contribution in [-0.2, 0) is 16.1 Å². The number of carbonyl (C=O) groups is 2. The molecule has 0 bridgehead atoms. The Morgan fingerprint density at radius 2 is 2.04 bits per heavy atom. The van der Waals surface area contributed by atoms with Crippen molar-refractivity contribution < 1.29 is 14.3 Å². The quantitative estimate of drug-likeness (QED) is 0.652. The molecule has 0 radical (unpaired) electrons. The van der Waals surface area contributed by atoms with Crippen LogP contribution >= 0.6 is 0 Å². The summed E-state index contributed by atoms with van der Waals surface area (Å²) in [5.41, 5.74) is 4.41. The molecule has 142 valence electrons. The highest BCUT2D eigenvalue weighted by Crippen LogP contribution is 2.28. The lowest BCUT2D eigenvalue weighted by molar-refractivity contribution is -0.124. The number of aryl methyl sites for hydroxylation is 2. The van der Waals surface area contributed by atoms with E-state index in [0.29, 0.717) is 0 Å². The summed E-state index contributed by atoms with van der Waals surface area (Å²) in [5, 5.41) is 8.36. The highest BCUT2D eigenvalue weighted by atomic mass is 16.6. The number of ether oxygens (including phenoxy) is 1. The van der Waals surface area contributed by atoms with Crippen LogP contribution in [0.1, 0.15) is 29.7 Å². The van der Waals surface area contributed by atoms with E-state index in [1.807, 2.05) is 61.0 Å². The molecule has 0 unspecified atom stereocenters. The molecule has 2 heterocycles. The highest BCUT2D eigenvalue weighted by Gasteiger charge is 2.37. The van der Waals surface area contributed by atoms with Crippen molar-refractivity contribution in [3.8, 4) is 0 Å². The zero-order valence-corrected chi connectivity index (χ0v) is 15.7. The number of nitrogens with zero attached hydrogens (tertiary/aromatic N) is 4. The third-order valence-electron chi connectivity index (χ3n) is 4.98. The Balaban J connectivity index is 1.60. The average molecular weight is 376 g/mol. The van der Waals surface area contributed by atoms with Crippen LogP contribution in [0, 0.1) is 6.92 Å². The molecule has 1 atom stereocenters. The van der Waals surface area contributed by atoms with Gasteiger partial charge in [-0.05, 0) is 42.7 Å². The first-order chi connectivity index (χ1) is 13.6. The van der Waals surface area contributed by atoms with Gasteiger partial charge in [-0.25, -0.2) is 14.4 Å². The van der Waals surface area contributed by atoms with Gasteiger partial charge in [0, 0.05) is 12.6 Å². The largest absolute Gasteiger partial charge is 0.446 e. The predicted octanol–water partition coefficient (Wildman–Crippen LogP) is 3.49. The third kappa shape index (κ3) is 3.05. The fraction of sp³-hybridized carbons (Fsp3) is 0.238. The Morgan fingerprint density at radius 3 is 2.79 bits per heavy atom. The van der Waals surface area contributed by atoms with E-state index in [1.54, 1.807) is 6.08 Å². The van der Waals surface area contributed by atoms with Crippen LogP contribution in [0.4, 0.5) is 4.79 Å². The van der Waals surface area contributed by atoms with Gasteiger partial charge >= 0.3 is 6.09 Å². The molecule has 7 nitrogen and oxygen atoms in total. The standard InChI is InChI=1S/C21H20N4O3/c1-3-24-17-11-9-15(14(2)20(17)22-23-24)10-12-19(26)25-18(13-28-21(25)27)16-7-5-4-6-8-16/h4-12,18H,3,13H2,1-2H3/b12-10+/t18-/m0/s1. The summed E-state index contributed by atoms with van der Waals surface area (Å²) < 4.78 is 6.94. The predicted molar refractivity (Wildman–Crippen MR) is 104 cm³/mol. The number of imide groups is 1. The second-order valence-corrected chi connectivity index (χ2v) is 6.60. The van der Waals surface area contributed by atoms with Crippen molar-refractivity contribution in [3.63, 3.8) is 0 Å². The zero-order chi connectivity index (χ0) is 19.7. The molecular formula is C21H20N4O3. The molecule has 0 saturated carbocycles. The van der Waals surface area contributed by atoms with Gasteiger partial charge in [-0.2, -0.15) is 0 Å². The van der Waals surface area contributed by atoms with Gasteiger partial charge in [0.15, 0.2) is 0 Å². The normalized spacial score (nSPS) is 16.9. The smallest absolute Gasteiger partial charge is 0.417 e. The van der Waals surface area contributed by atoms with Gasteiger partial charge < -0.3 is 4.74 Å². The van der Waals surface area contributed by atoms with Crippen molar-refractivity contribution in [2.75, 3.05) is 6.61 Å². The molecule has 2 amide bonds. The van der Waals surface area contributed by atoms with E-state index in [1.165, 1.54) is 6.08 Å². The number of cyclic esters (lactones) is 1. The molecule has 4 rings (SSSR count). The minimum absolute atomic E-state index is 0.160. The van der Waals surface area contributed by atoms with E-state index in [0.717, 1.165) is 39.2 Å². The maximum Gasteiger partial charge on any atom is 0.417 e. The van der Waals surface area contributed by atoms with Crippen molar-refractivity contribution in [2.45, 2.75) is 26.4 Å². The lowest BCUT2D eigenvalue weighted by Gasteiger charge is -2.18. The van der Waals surface area contributed by atoms with E-state index in [9.17, 15) is 9.59 Å². The fourth-order valence-electron chi connectivity index (χ4n) is 3.42. The van der Waals surface area contributed by atoms with E-state index in [4.69, 9.17) is 4.74 Å². The van der Waals surface area contributed by atoms with Crippen LogP contribution in [-0.4, -0.2) is 38.5 Å². The van der Waals surface area contributed by atoms with Crippen LogP contribution in [0.2, 0.25) is 0 Å². The Kier molecular flexibility index (Phi) is 4.65. The topological polar surface area (TPSA) is 77.3 Å². The Morgan fingerprint density at radius 1 is 1.25 bits per heavy atom. The number of hydrogen-bond acceptors (Lipinski definition) is 5. The van der Waals surface area contributed by atoms with Crippen molar-refractivity contribution in [2.24, 2.45) is 0 Å². The van der Waals surface area contributed by atoms with Crippen LogP contribution in [0.15, 0.2) is 48.5 Å². The fourth-order valence-corrected chi connectivity index (χ4v) is 3.42. The summed E-state index contributed by atoms with van der Waals surface area (Å²) in [4.78, 5) is 26.0. The first-order valence-electron chi connectivity index (χ1n) is 9.16. The van der Waals surface area contributed by atoms with Crippen molar-refractivity contribution in [1.29, 1.82) is 0 Å². The van der Waals surface area contributed by atoms with Gasteiger partial charge in [-0.3, -0.25) is 4.79 Å². The average Bonchev–Trinajstić information content (AvgIpc) is 3.31. The van der Waals surface area contributed by atoms with Crippen molar-refractivity contribution >= 4 is 29.1 Å². The Labute approximate surface area is 162 Å². The van der Waals surface area contributed by atoms with Gasteiger partial charge in [0.05, 0.1) is 5.52 Å². The van der Waals surface area contributed by atoms with Gasteiger partial charge in [0.1, 0.15) is 18.2 Å². The minimum Gasteiger partial charge on any atom is -0.446 e. The van der Waals surface area contributed by atoms with Crippen molar-refractivity contribution in [3.05, 3.63) is 65.2 Å². The summed E-state index contributed by atoms with van der Waals surface area (Å²) in [5.74, 6) is -0.409. The number of rotatable bonds is 4. The molecule has 1 aromatic heterocycles. The number of amides is 2. The first-order valence-corrected chi connectivity index (χ1v) is 9.16. The number of carbonyl (C=O) groups excluding carboxylic acids is 2. The van der Waals surface area contributed by atoms with Gasteiger partial charge in [-0.15, -0.1) is 5.10 Å². The SMILES string of the molecule is CCn1nnc2c(C)c(/C=C/C(=O)N3C(=O)OC[C@H]3c3ccccc3)ccc21. The molecule has 1 saturated heterocycles. The molecule has 2 aromatic carbocycles. The van der Waals surface area contributed by atoms with Gasteiger partial charge in [-0.1, -0.05) is 41.6 Å². The minimum atomic E-state index is -0.624. The monoisotopic (exact) mass is 376 g/mol. The maximum absolute atomic E-state index is 12.7. The molecular weight excluding hydrogens is 356 g/mol. The van der Waals surface area contributed by atoms with Crippen molar-refractivity contribution in [1.82, 2.24) is 19.9 Å². The van der Waals surface area contributed by atoms with Gasteiger partial charge in [0.25, 0.3) is 5.91 Å². The molecule has 3 aromatic rings. The summed E-state index contributed by atoms with van der Waals surface area (Å²) >= 11 is 0. The van der Waals surface area contributed by atoms with E-state index < -0.39 is 18.0 Å². The lowest BCUT2D eigenvalue weighted by atomic mass is 10.1. The molecule has 7 heteroatoms. The second kappa shape index (κ2) is 7.26. The number of fused-ring (bicyclic) bond motifs is 1. The molecule has 1 aliphatic rings. The number of benzene rings is 2. The Bertz CT molecular complexity index is 1070. The van der Waals surface area contributed by atoms with Crippen LogP contribution in [0.5, 0.6) is 0 Å². The second-order valence-electron chi connectivity index (χ2n) is 6.60. The summed E-state index contributed by atoms with van der Waals surface area (Å²) in [6.07, 6.45) is 2.48. The molecule has 0 spiro atoms. The van der Waals surface area contributed by atoms with Crippen LogP contribution in [0.3, 0.4) is 0 Å². The van der Waals surface area contributed by atoms with E-state index >= 15 is 0 Å². The molecule has 28 heavy (non-hydrogen) atoms. The highest BCUT2D eigenvalue weighted by molar-refractivity contribution is 6.02. The van der Waals surface area contributed by atoms with Crippen LogP contribution in [0.25, 0.3) is 17.1 Å². The third-order valence-corrected chi connectivity index (χ3v) is 4.98. The maximum atomic E-state index is 12.7. The molecule has 1 aliphatic heterocycles. The van der Waals surface area contributed by atoms with Crippen LogP contribution < -0.4 is 0 Å². The zero-order valence-electron chi connectivity index (χ0n) is 15.7. The Hall–Kier alpha value is -3.48. The molecule has 1 fully saturated rings. The lowest BCUT2D eigenvalue weighted by Crippen LogP contribution is -2.32. The molecule has 0 N–H and O–H groups in total. The number of aromatic nitrogens is 3. The van der Waals surface area contributed by atoms with E-state index in [-0.39, 0.29) is 6.61 Å². The summed E-state index contributed by atoms with van der Waals surface area (Å²) in [7, 11) is 0. The summed E-state index contributed by atoms with van der Waals surface area (Å²) in [6, 6.07) is 12.8. The summed E-state index contributed by atoms with van der Waals surface area (Å²) in [6.45, 7) is 4.85. The first kappa shape index (κ1) is 17.9. The van der Waals surface area contributed by atoms with E-state index in [2.05, 4.69) is 10.3 Å². The number of hydrogen-bond donors (Lipinski definition) is 0.